The largest absolute Gasteiger partial charge is 0.493 e. The number of fused-ring (bicyclic) bond motifs is 1. The average Bonchev–Trinajstić information content (AvgIpc) is 3.18. The summed E-state index contributed by atoms with van der Waals surface area (Å²) < 4.78 is 22.4. The second kappa shape index (κ2) is 14.6. The fourth-order valence-electron chi connectivity index (χ4n) is 5.67. The Bertz CT molecular complexity index is 1360. The number of hydrogen-bond acceptors (Lipinski definition) is 7. The topological polar surface area (TPSA) is 98.4 Å². The number of nitrogens with one attached hydrogen (secondary N) is 2. The van der Waals surface area contributed by atoms with Crippen LogP contribution in [-0.4, -0.2) is 64.8 Å². The highest BCUT2D eigenvalue weighted by atomic mass is 16.5. The van der Waals surface area contributed by atoms with Crippen LogP contribution >= 0.6 is 0 Å². The van der Waals surface area contributed by atoms with Crippen molar-refractivity contribution in [2.75, 3.05) is 48.1 Å². The third-order valence-electron chi connectivity index (χ3n) is 7.64. The summed E-state index contributed by atoms with van der Waals surface area (Å²) in [6.07, 6.45) is 2.24. The van der Waals surface area contributed by atoms with E-state index in [1.165, 1.54) is 0 Å². The van der Waals surface area contributed by atoms with Crippen molar-refractivity contribution in [3.63, 3.8) is 0 Å². The minimum absolute atomic E-state index is 0.0915. The van der Waals surface area contributed by atoms with Crippen molar-refractivity contribution in [1.82, 2.24) is 15.5 Å². The zero-order valence-corrected chi connectivity index (χ0v) is 25.1. The van der Waals surface area contributed by atoms with Crippen LogP contribution in [0.1, 0.15) is 47.7 Å². The van der Waals surface area contributed by atoms with Gasteiger partial charge in [-0.15, -0.1) is 0 Å². The predicted molar refractivity (Wildman–Crippen MR) is 161 cm³/mol. The Kier molecular flexibility index (Phi) is 10.7. The van der Waals surface area contributed by atoms with E-state index in [1.54, 1.807) is 28.4 Å². The molecule has 0 fully saturated rings. The number of benzene rings is 3. The van der Waals surface area contributed by atoms with Gasteiger partial charge in [-0.3, -0.25) is 14.5 Å². The Hall–Kier alpha value is -4.24. The molecule has 4 rings (SSSR count). The highest BCUT2D eigenvalue weighted by Crippen LogP contribution is 2.42. The molecule has 0 spiro atoms. The Morgan fingerprint density at radius 2 is 1.52 bits per heavy atom. The van der Waals surface area contributed by atoms with Gasteiger partial charge in [-0.2, -0.15) is 0 Å². The second-order valence-corrected chi connectivity index (χ2v) is 10.1. The minimum Gasteiger partial charge on any atom is -0.493 e. The molecule has 0 bridgehead atoms. The van der Waals surface area contributed by atoms with Gasteiger partial charge >= 0.3 is 0 Å². The molecule has 3 aromatic carbocycles. The van der Waals surface area contributed by atoms with Gasteiger partial charge in [0, 0.05) is 19.1 Å². The maximum Gasteiger partial charge on any atom is 0.242 e. The lowest BCUT2D eigenvalue weighted by atomic mass is 9.91. The number of likely N-dealkylation sites (N-methyl/N-ethyl adjacent to an activating group) is 1. The van der Waals surface area contributed by atoms with Crippen molar-refractivity contribution in [2.24, 2.45) is 0 Å². The lowest BCUT2D eigenvalue weighted by Gasteiger charge is -2.37. The molecule has 2 atom stereocenters. The average molecular weight is 576 g/mol. The Balaban J connectivity index is 1.84. The Labute approximate surface area is 248 Å². The van der Waals surface area contributed by atoms with Gasteiger partial charge in [-0.05, 0) is 72.7 Å². The molecule has 0 saturated carbocycles. The predicted octanol–water partition coefficient (Wildman–Crippen LogP) is 4.25. The van der Waals surface area contributed by atoms with Gasteiger partial charge in [0.1, 0.15) is 6.04 Å². The zero-order chi connectivity index (χ0) is 30.1. The van der Waals surface area contributed by atoms with E-state index in [9.17, 15) is 9.59 Å². The number of amides is 2. The molecular formula is C33H41N3O6. The van der Waals surface area contributed by atoms with E-state index in [4.69, 9.17) is 18.9 Å². The van der Waals surface area contributed by atoms with Gasteiger partial charge < -0.3 is 29.6 Å². The van der Waals surface area contributed by atoms with Crippen LogP contribution in [0.4, 0.5) is 0 Å². The van der Waals surface area contributed by atoms with Crippen LogP contribution in [-0.2, 0) is 22.4 Å². The van der Waals surface area contributed by atoms with Crippen molar-refractivity contribution >= 4 is 11.8 Å². The fourth-order valence-corrected chi connectivity index (χ4v) is 5.67. The van der Waals surface area contributed by atoms with E-state index < -0.39 is 6.04 Å². The number of carbonyl (C=O) groups excluding carboxylic acids is 2. The van der Waals surface area contributed by atoms with Crippen LogP contribution in [0.5, 0.6) is 23.0 Å². The molecule has 1 aliphatic heterocycles. The number of carbonyl (C=O) groups is 2. The van der Waals surface area contributed by atoms with Crippen LogP contribution < -0.4 is 29.6 Å². The first kappa shape index (κ1) is 30.7. The molecule has 42 heavy (non-hydrogen) atoms. The number of hydrogen-bond donors (Lipinski definition) is 2. The first-order chi connectivity index (χ1) is 20.4. The maximum atomic E-state index is 14.0. The third-order valence-corrected chi connectivity index (χ3v) is 7.64. The highest BCUT2D eigenvalue weighted by Gasteiger charge is 2.36. The number of methoxy groups -OCH3 is 4. The number of nitrogens with zero attached hydrogens (tertiary/aromatic N) is 1. The van der Waals surface area contributed by atoms with Crippen LogP contribution in [0.2, 0.25) is 0 Å². The summed E-state index contributed by atoms with van der Waals surface area (Å²) in [7, 11) is 6.50. The van der Waals surface area contributed by atoms with E-state index in [0.717, 1.165) is 35.1 Å². The van der Waals surface area contributed by atoms with Crippen LogP contribution in [0.25, 0.3) is 0 Å². The molecule has 0 radical (unpaired) electrons. The zero-order valence-electron chi connectivity index (χ0n) is 25.1. The van der Waals surface area contributed by atoms with Crippen molar-refractivity contribution in [3.05, 3.63) is 82.9 Å². The fraction of sp³-hybridized carbons (Fsp3) is 0.394. The molecule has 0 aromatic heterocycles. The number of rotatable bonds is 12. The van der Waals surface area contributed by atoms with Gasteiger partial charge in [-0.1, -0.05) is 36.4 Å². The summed E-state index contributed by atoms with van der Waals surface area (Å²) >= 11 is 0. The van der Waals surface area contributed by atoms with E-state index in [0.29, 0.717) is 42.5 Å². The standard InChI is InChI=1S/C33H41N3O6/c1-6-34-31(37)21-35-33(38)32(23-11-8-7-9-12-23)36-16-10-13-24-19-29(41-4)30(42-5)20-25(24)26(36)17-22-14-15-27(39-2)28(18-22)40-3/h7-9,11-12,14-15,18-20,26,32H,6,10,13,16-17,21H2,1-5H3,(H,34,37)(H,35,38). The summed E-state index contributed by atoms with van der Waals surface area (Å²) in [5, 5.41) is 5.64. The summed E-state index contributed by atoms with van der Waals surface area (Å²) in [5.41, 5.74) is 4.10. The quantitative estimate of drug-likeness (QED) is 0.333. The van der Waals surface area contributed by atoms with Crippen molar-refractivity contribution < 1.29 is 28.5 Å². The molecule has 1 aliphatic rings. The summed E-state index contributed by atoms with van der Waals surface area (Å²) in [6, 6.07) is 18.9. The molecule has 9 heteroatoms. The molecule has 2 amide bonds. The van der Waals surface area contributed by atoms with Crippen LogP contribution in [0.15, 0.2) is 60.7 Å². The number of ether oxygens (including phenoxy) is 4. The molecule has 2 unspecified atom stereocenters. The van der Waals surface area contributed by atoms with Crippen molar-refractivity contribution in [2.45, 2.75) is 38.3 Å². The summed E-state index contributed by atoms with van der Waals surface area (Å²) in [4.78, 5) is 28.5. The maximum absolute atomic E-state index is 14.0. The molecule has 1 heterocycles. The number of aryl methyl sites for hydroxylation is 1. The van der Waals surface area contributed by atoms with Crippen molar-refractivity contribution in [1.29, 1.82) is 0 Å². The second-order valence-electron chi connectivity index (χ2n) is 10.1. The van der Waals surface area contributed by atoms with E-state index in [2.05, 4.69) is 15.5 Å². The van der Waals surface area contributed by atoms with Crippen LogP contribution in [0, 0.1) is 0 Å². The lowest BCUT2D eigenvalue weighted by molar-refractivity contribution is -0.130. The van der Waals surface area contributed by atoms with Gasteiger partial charge in [0.15, 0.2) is 23.0 Å². The van der Waals surface area contributed by atoms with E-state index in [1.807, 2.05) is 67.6 Å². The smallest absolute Gasteiger partial charge is 0.242 e. The van der Waals surface area contributed by atoms with E-state index in [-0.39, 0.29) is 24.4 Å². The normalized spacial score (nSPS) is 15.5. The summed E-state index contributed by atoms with van der Waals surface area (Å²) in [6.45, 7) is 2.92. The first-order valence-electron chi connectivity index (χ1n) is 14.2. The molecule has 3 aromatic rings. The Morgan fingerprint density at radius 3 is 2.19 bits per heavy atom. The van der Waals surface area contributed by atoms with Gasteiger partial charge in [0.25, 0.3) is 0 Å². The molecule has 224 valence electrons. The third kappa shape index (κ3) is 6.97. The summed E-state index contributed by atoms with van der Waals surface area (Å²) in [5.74, 6) is 2.15. The van der Waals surface area contributed by atoms with E-state index >= 15 is 0 Å². The van der Waals surface area contributed by atoms with Gasteiger partial charge in [0.05, 0.1) is 35.0 Å². The SMILES string of the molecule is CCNC(=O)CNC(=O)C(c1ccccc1)N1CCCc2cc(OC)c(OC)cc2C1Cc1ccc(OC)c(OC)c1. The molecular weight excluding hydrogens is 534 g/mol. The minimum atomic E-state index is -0.634. The molecule has 9 nitrogen and oxygen atoms in total. The lowest BCUT2D eigenvalue weighted by Crippen LogP contribution is -2.45. The highest BCUT2D eigenvalue weighted by molar-refractivity contribution is 5.88. The molecule has 0 aliphatic carbocycles. The van der Waals surface area contributed by atoms with Crippen LogP contribution in [0.3, 0.4) is 0 Å². The Morgan fingerprint density at radius 1 is 0.857 bits per heavy atom. The van der Waals surface area contributed by atoms with Crippen molar-refractivity contribution in [3.8, 4) is 23.0 Å². The van der Waals surface area contributed by atoms with Gasteiger partial charge in [-0.25, -0.2) is 0 Å². The first-order valence-corrected chi connectivity index (χ1v) is 14.2. The molecule has 2 N–H and O–H groups in total. The molecule has 0 saturated heterocycles. The monoisotopic (exact) mass is 575 g/mol. The van der Waals surface area contributed by atoms with Gasteiger partial charge in [0.2, 0.25) is 11.8 Å².